The van der Waals surface area contributed by atoms with Gasteiger partial charge in [-0.05, 0) is 41.0 Å². The second-order valence-corrected chi connectivity index (χ2v) is 8.96. The molecular weight excluding hydrogens is 448 g/mol. The number of nitrogens with zero attached hydrogens (tertiary/aromatic N) is 4. The molecule has 0 unspecified atom stereocenters. The summed E-state index contributed by atoms with van der Waals surface area (Å²) >= 11 is 0. The molecule has 0 saturated heterocycles. The fourth-order valence-corrected chi connectivity index (χ4v) is 5.05. The van der Waals surface area contributed by atoms with Gasteiger partial charge in [0.05, 0.1) is 5.56 Å². The van der Waals surface area contributed by atoms with Crippen LogP contribution in [-0.2, 0) is 6.61 Å². The van der Waals surface area contributed by atoms with Crippen molar-refractivity contribution in [3.05, 3.63) is 125 Å². The molecule has 6 heteroatoms. The van der Waals surface area contributed by atoms with Crippen LogP contribution >= 0.6 is 0 Å². The van der Waals surface area contributed by atoms with E-state index in [2.05, 4.69) is 64.7 Å². The van der Waals surface area contributed by atoms with Crippen LogP contribution in [-0.4, -0.2) is 19.6 Å². The van der Waals surface area contributed by atoms with E-state index in [0.29, 0.717) is 11.7 Å². The molecule has 0 amide bonds. The third-order valence-corrected chi connectivity index (χ3v) is 6.73. The molecule has 4 aromatic carbocycles. The van der Waals surface area contributed by atoms with Crippen LogP contribution in [0.2, 0.25) is 0 Å². The summed E-state index contributed by atoms with van der Waals surface area (Å²) in [6, 6.07) is 30.9. The van der Waals surface area contributed by atoms with Gasteiger partial charge in [-0.1, -0.05) is 78.9 Å². The second kappa shape index (κ2) is 8.20. The van der Waals surface area contributed by atoms with Crippen LogP contribution < -0.4 is 9.47 Å². The van der Waals surface area contributed by atoms with Crippen molar-refractivity contribution >= 4 is 16.4 Å². The summed E-state index contributed by atoms with van der Waals surface area (Å²) in [6.45, 7) is 2.29. The van der Waals surface area contributed by atoms with Crippen LogP contribution in [0.3, 0.4) is 0 Å². The second-order valence-electron chi connectivity index (χ2n) is 8.96. The van der Waals surface area contributed by atoms with Crippen LogP contribution in [0.5, 0.6) is 17.4 Å². The highest BCUT2D eigenvalue weighted by Crippen LogP contribution is 2.50. The fourth-order valence-electron chi connectivity index (χ4n) is 5.05. The van der Waals surface area contributed by atoms with E-state index in [-0.39, 0.29) is 12.5 Å². The van der Waals surface area contributed by atoms with Crippen molar-refractivity contribution in [2.45, 2.75) is 19.4 Å². The van der Waals surface area contributed by atoms with Crippen molar-refractivity contribution < 1.29 is 9.47 Å². The van der Waals surface area contributed by atoms with Crippen LogP contribution in [0.25, 0.3) is 16.4 Å². The number of hydrogen-bond donors (Lipinski definition) is 0. The van der Waals surface area contributed by atoms with Gasteiger partial charge in [-0.15, -0.1) is 5.10 Å². The van der Waals surface area contributed by atoms with Gasteiger partial charge in [-0.25, -0.2) is 14.5 Å². The Morgan fingerprint density at radius 2 is 1.67 bits per heavy atom. The van der Waals surface area contributed by atoms with Crippen molar-refractivity contribution in [3.8, 4) is 17.4 Å². The third kappa shape index (κ3) is 3.30. The van der Waals surface area contributed by atoms with Gasteiger partial charge in [0.15, 0.2) is 11.5 Å². The molecule has 0 bridgehead atoms. The largest absolute Gasteiger partial charge is 0.485 e. The monoisotopic (exact) mass is 470 g/mol. The third-order valence-electron chi connectivity index (χ3n) is 6.73. The molecule has 2 aromatic heterocycles. The predicted molar refractivity (Wildman–Crippen MR) is 138 cm³/mol. The molecule has 0 N–H and O–H groups in total. The molecule has 3 heterocycles. The van der Waals surface area contributed by atoms with E-state index < -0.39 is 0 Å². The Bertz CT molecular complexity index is 1740. The van der Waals surface area contributed by atoms with Gasteiger partial charge < -0.3 is 9.47 Å². The van der Waals surface area contributed by atoms with E-state index >= 15 is 0 Å². The highest BCUT2D eigenvalue weighted by Gasteiger charge is 2.34. The van der Waals surface area contributed by atoms with Crippen LogP contribution in [0.15, 0.2) is 97.3 Å². The van der Waals surface area contributed by atoms with Crippen LogP contribution in [0, 0.1) is 6.92 Å². The fraction of sp³-hybridized carbons (Fsp3) is 0.100. The Kier molecular flexibility index (Phi) is 4.70. The number of aromatic nitrogens is 4. The molecule has 1 aliphatic heterocycles. The van der Waals surface area contributed by atoms with E-state index in [0.717, 1.165) is 50.2 Å². The molecule has 1 atom stereocenters. The lowest BCUT2D eigenvalue weighted by Crippen LogP contribution is -2.15. The lowest BCUT2D eigenvalue weighted by atomic mass is 9.81. The summed E-state index contributed by atoms with van der Waals surface area (Å²) in [5, 5.41) is 6.99. The highest BCUT2D eigenvalue weighted by molar-refractivity contribution is 5.90. The van der Waals surface area contributed by atoms with Gasteiger partial charge in [0, 0.05) is 11.5 Å². The molecule has 6 nitrogen and oxygen atoms in total. The summed E-state index contributed by atoms with van der Waals surface area (Å²) in [4.78, 5) is 9.55. The first-order valence-electron chi connectivity index (χ1n) is 11.9. The Morgan fingerprint density at radius 1 is 0.861 bits per heavy atom. The number of rotatable bonds is 4. The van der Waals surface area contributed by atoms with Crippen molar-refractivity contribution in [2.24, 2.45) is 0 Å². The number of hydrogen-bond acceptors (Lipinski definition) is 5. The van der Waals surface area contributed by atoms with E-state index in [4.69, 9.17) is 14.5 Å². The molecule has 0 saturated carbocycles. The predicted octanol–water partition coefficient (Wildman–Crippen LogP) is 6.45. The maximum absolute atomic E-state index is 6.38. The highest BCUT2D eigenvalue weighted by atomic mass is 16.5. The zero-order valence-corrected chi connectivity index (χ0v) is 19.6. The zero-order chi connectivity index (χ0) is 24.1. The molecule has 0 spiro atoms. The van der Waals surface area contributed by atoms with E-state index in [1.54, 1.807) is 10.8 Å². The zero-order valence-electron chi connectivity index (χ0n) is 19.6. The van der Waals surface area contributed by atoms with Crippen LogP contribution in [0.4, 0.5) is 0 Å². The number of para-hydroxylation sites is 1. The number of aryl methyl sites for hydroxylation is 1. The Morgan fingerprint density at radius 3 is 2.56 bits per heavy atom. The average molecular weight is 471 g/mol. The van der Waals surface area contributed by atoms with Crippen molar-refractivity contribution in [3.63, 3.8) is 0 Å². The molecule has 6 aromatic rings. The normalized spacial score (nSPS) is 14.3. The van der Waals surface area contributed by atoms with Gasteiger partial charge >= 0.3 is 0 Å². The molecule has 7 rings (SSSR count). The first kappa shape index (κ1) is 20.6. The average Bonchev–Trinajstić information content (AvgIpc) is 3.35. The maximum atomic E-state index is 6.38. The molecule has 0 fully saturated rings. The van der Waals surface area contributed by atoms with Gasteiger partial charge in [0.2, 0.25) is 5.88 Å². The van der Waals surface area contributed by atoms with Gasteiger partial charge in [0.1, 0.15) is 24.4 Å². The minimum absolute atomic E-state index is 0.110. The number of fused-ring (bicyclic) bond motifs is 6. The topological polar surface area (TPSA) is 61.5 Å². The van der Waals surface area contributed by atoms with Crippen molar-refractivity contribution in [1.82, 2.24) is 19.6 Å². The quantitative estimate of drug-likeness (QED) is 0.296. The molecule has 0 aliphatic carbocycles. The van der Waals surface area contributed by atoms with E-state index in [1.807, 2.05) is 43.3 Å². The number of benzene rings is 4. The summed E-state index contributed by atoms with van der Waals surface area (Å²) in [7, 11) is 0. The van der Waals surface area contributed by atoms with Gasteiger partial charge in [-0.2, -0.15) is 0 Å². The summed E-state index contributed by atoms with van der Waals surface area (Å²) in [5.41, 5.74) is 4.96. The standard InChI is InChI=1S/C30H22N4O2/c1-19-9-5-8-14-23(19)35-17-25-32-29-28-26(21-11-3-2-4-12-21)27-22-13-7-6-10-20(22)15-16-24(27)36-30(28)31-18-34(29)33-25/h2-16,18,26H,17H2,1H3/t26-/m1/s1. The Labute approximate surface area is 207 Å². The Balaban J connectivity index is 1.40. The summed E-state index contributed by atoms with van der Waals surface area (Å²) in [5.74, 6) is 2.67. The van der Waals surface area contributed by atoms with E-state index in [1.165, 1.54) is 0 Å². The van der Waals surface area contributed by atoms with Crippen LogP contribution in [0.1, 0.15) is 34.0 Å². The SMILES string of the molecule is Cc1ccccc1OCc1nc2c3c(ncn2n1)Oc1ccc2ccccc2c1[C@H]3c1ccccc1. The van der Waals surface area contributed by atoms with Crippen molar-refractivity contribution in [1.29, 1.82) is 0 Å². The van der Waals surface area contributed by atoms with E-state index in [9.17, 15) is 0 Å². The molecule has 0 radical (unpaired) electrons. The molecule has 36 heavy (non-hydrogen) atoms. The smallest absolute Gasteiger partial charge is 0.228 e. The molecule has 1 aliphatic rings. The maximum Gasteiger partial charge on any atom is 0.228 e. The number of ether oxygens (including phenoxy) is 2. The first-order chi connectivity index (χ1) is 17.8. The summed E-state index contributed by atoms with van der Waals surface area (Å²) in [6.07, 6.45) is 1.66. The minimum atomic E-state index is -0.110. The summed E-state index contributed by atoms with van der Waals surface area (Å²) < 4.78 is 14.1. The van der Waals surface area contributed by atoms with Gasteiger partial charge in [-0.3, -0.25) is 0 Å². The Hall–Kier alpha value is -4.71. The van der Waals surface area contributed by atoms with Crippen molar-refractivity contribution in [2.75, 3.05) is 0 Å². The first-order valence-corrected chi connectivity index (χ1v) is 11.9. The lowest BCUT2D eigenvalue weighted by Gasteiger charge is -2.29. The lowest BCUT2D eigenvalue weighted by molar-refractivity contribution is 0.294. The van der Waals surface area contributed by atoms with Gasteiger partial charge in [0.25, 0.3) is 0 Å². The molecule has 174 valence electrons. The minimum Gasteiger partial charge on any atom is -0.485 e. The molecular formula is C30H22N4O2.